The molecule has 1 aliphatic carbocycles. The number of nitrogen functional groups attached to an aromatic ring is 1. The van der Waals surface area contributed by atoms with Gasteiger partial charge in [0, 0.05) is 12.6 Å². The van der Waals surface area contributed by atoms with E-state index in [1.54, 1.807) is 12.4 Å². The van der Waals surface area contributed by atoms with Crippen LogP contribution in [-0.4, -0.2) is 22.6 Å². The van der Waals surface area contributed by atoms with Crippen molar-refractivity contribution in [1.82, 2.24) is 9.97 Å². The third-order valence-electron chi connectivity index (χ3n) is 2.69. The summed E-state index contributed by atoms with van der Waals surface area (Å²) in [6, 6.07) is 0.689. The Morgan fingerprint density at radius 3 is 2.73 bits per heavy atom. The predicted molar refractivity (Wildman–Crippen MR) is 61.7 cm³/mol. The Hall–Kier alpha value is -1.32. The van der Waals surface area contributed by atoms with Gasteiger partial charge in [0.15, 0.2) is 0 Å². The molecule has 1 aromatic heterocycles. The number of hydrogen-bond donors (Lipinski definition) is 1. The van der Waals surface area contributed by atoms with Gasteiger partial charge < -0.3 is 10.6 Å². The molecule has 2 N–H and O–H groups in total. The lowest BCUT2D eigenvalue weighted by Crippen LogP contribution is -2.27. The zero-order valence-corrected chi connectivity index (χ0v) is 9.19. The van der Waals surface area contributed by atoms with Crippen molar-refractivity contribution in [1.29, 1.82) is 0 Å². The third-order valence-corrected chi connectivity index (χ3v) is 2.69. The molecule has 4 heteroatoms. The fraction of sp³-hybridized carbons (Fsp3) is 0.636. The summed E-state index contributed by atoms with van der Waals surface area (Å²) in [6.07, 6.45) is 8.42. The number of aromatic nitrogens is 2. The first kappa shape index (κ1) is 10.2. The largest absolute Gasteiger partial charge is 0.382 e. The topological polar surface area (TPSA) is 55.0 Å². The first-order chi connectivity index (χ1) is 7.31. The van der Waals surface area contributed by atoms with Crippen LogP contribution in [0.4, 0.5) is 11.6 Å². The molecule has 0 radical (unpaired) electrons. The van der Waals surface area contributed by atoms with Gasteiger partial charge in [-0.25, -0.2) is 9.97 Å². The molecule has 0 aliphatic heterocycles. The average molecular weight is 206 g/mol. The van der Waals surface area contributed by atoms with Crippen molar-refractivity contribution in [3.05, 3.63) is 12.4 Å². The van der Waals surface area contributed by atoms with Gasteiger partial charge >= 0.3 is 0 Å². The minimum atomic E-state index is 0.491. The highest BCUT2D eigenvalue weighted by molar-refractivity contribution is 5.41. The Kier molecular flexibility index (Phi) is 3.04. The van der Waals surface area contributed by atoms with Gasteiger partial charge in [0.1, 0.15) is 11.6 Å². The van der Waals surface area contributed by atoms with Gasteiger partial charge in [-0.15, -0.1) is 0 Å². The monoisotopic (exact) mass is 206 g/mol. The van der Waals surface area contributed by atoms with Gasteiger partial charge in [-0.3, -0.25) is 0 Å². The van der Waals surface area contributed by atoms with Gasteiger partial charge in [-0.2, -0.15) is 0 Å². The van der Waals surface area contributed by atoms with Crippen molar-refractivity contribution in [2.75, 3.05) is 17.2 Å². The van der Waals surface area contributed by atoms with E-state index in [0.717, 1.165) is 12.4 Å². The molecule has 0 aromatic carbocycles. The zero-order valence-electron chi connectivity index (χ0n) is 9.19. The molecule has 1 fully saturated rings. The van der Waals surface area contributed by atoms with E-state index in [1.165, 1.54) is 25.7 Å². The van der Waals surface area contributed by atoms with Gasteiger partial charge in [0.2, 0.25) is 0 Å². The number of unbranched alkanes of at least 4 members (excludes halogenated alkanes) is 1. The highest BCUT2D eigenvalue weighted by atomic mass is 15.2. The standard InChI is InChI=1S/C11H18N4/c1-2-3-6-15(9-4-5-9)11-8-13-10(12)7-14-11/h7-9H,2-6H2,1H3,(H2,12,13). The Morgan fingerprint density at radius 1 is 1.40 bits per heavy atom. The summed E-state index contributed by atoms with van der Waals surface area (Å²) in [5.74, 6) is 1.46. The second-order valence-electron chi connectivity index (χ2n) is 4.08. The first-order valence-corrected chi connectivity index (χ1v) is 5.65. The number of rotatable bonds is 5. The Balaban J connectivity index is 2.06. The SMILES string of the molecule is CCCCN(c1cnc(N)cn1)C1CC1. The van der Waals surface area contributed by atoms with Crippen LogP contribution in [-0.2, 0) is 0 Å². The molecule has 0 unspecified atom stereocenters. The molecule has 0 bridgehead atoms. The highest BCUT2D eigenvalue weighted by Gasteiger charge is 2.29. The molecule has 0 atom stereocenters. The highest BCUT2D eigenvalue weighted by Crippen LogP contribution is 2.30. The van der Waals surface area contributed by atoms with Crippen LogP contribution in [0.5, 0.6) is 0 Å². The number of nitrogens with zero attached hydrogens (tertiary/aromatic N) is 3. The van der Waals surface area contributed by atoms with Crippen molar-refractivity contribution in [2.45, 2.75) is 38.6 Å². The molecular weight excluding hydrogens is 188 g/mol. The summed E-state index contributed by atoms with van der Waals surface area (Å²) in [5.41, 5.74) is 5.53. The number of hydrogen-bond acceptors (Lipinski definition) is 4. The third kappa shape index (κ3) is 2.58. The fourth-order valence-electron chi connectivity index (χ4n) is 1.68. The lowest BCUT2D eigenvalue weighted by atomic mass is 10.3. The molecule has 15 heavy (non-hydrogen) atoms. The van der Waals surface area contributed by atoms with Crippen LogP contribution < -0.4 is 10.6 Å². The summed E-state index contributed by atoms with van der Waals surface area (Å²) >= 11 is 0. The van der Waals surface area contributed by atoms with E-state index >= 15 is 0 Å². The summed E-state index contributed by atoms with van der Waals surface area (Å²) in [7, 11) is 0. The molecular formula is C11H18N4. The molecule has 0 spiro atoms. The van der Waals surface area contributed by atoms with Crippen LogP contribution in [0.25, 0.3) is 0 Å². The normalized spacial score (nSPS) is 15.3. The van der Waals surface area contributed by atoms with Crippen molar-refractivity contribution in [2.24, 2.45) is 0 Å². The quantitative estimate of drug-likeness (QED) is 0.798. The van der Waals surface area contributed by atoms with Crippen LogP contribution in [0.1, 0.15) is 32.6 Å². The Bertz CT molecular complexity index is 305. The Labute approximate surface area is 90.5 Å². The minimum absolute atomic E-state index is 0.491. The molecule has 2 rings (SSSR count). The minimum Gasteiger partial charge on any atom is -0.382 e. The maximum absolute atomic E-state index is 5.53. The van der Waals surface area contributed by atoms with Crippen LogP contribution in [0, 0.1) is 0 Å². The summed E-state index contributed by atoms with van der Waals surface area (Å²) < 4.78 is 0. The molecule has 82 valence electrons. The number of anilines is 2. The summed E-state index contributed by atoms with van der Waals surface area (Å²) in [4.78, 5) is 10.8. The molecule has 4 nitrogen and oxygen atoms in total. The summed E-state index contributed by atoms with van der Waals surface area (Å²) in [6.45, 7) is 3.29. The van der Waals surface area contributed by atoms with Crippen molar-refractivity contribution in [3.8, 4) is 0 Å². The second kappa shape index (κ2) is 4.47. The lowest BCUT2D eigenvalue weighted by molar-refractivity contribution is 0.703. The molecule has 1 heterocycles. The lowest BCUT2D eigenvalue weighted by Gasteiger charge is -2.22. The van der Waals surface area contributed by atoms with E-state index in [9.17, 15) is 0 Å². The van der Waals surface area contributed by atoms with Crippen molar-refractivity contribution in [3.63, 3.8) is 0 Å². The smallest absolute Gasteiger partial charge is 0.147 e. The van der Waals surface area contributed by atoms with E-state index in [2.05, 4.69) is 21.8 Å². The zero-order chi connectivity index (χ0) is 10.7. The van der Waals surface area contributed by atoms with E-state index in [-0.39, 0.29) is 0 Å². The van der Waals surface area contributed by atoms with Crippen LogP contribution in [0.3, 0.4) is 0 Å². The number of nitrogens with two attached hydrogens (primary N) is 1. The fourth-order valence-corrected chi connectivity index (χ4v) is 1.68. The second-order valence-corrected chi connectivity index (χ2v) is 4.08. The maximum Gasteiger partial charge on any atom is 0.147 e. The van der Waals surface area contributed by atoms with Crippen LogP contribution in [0.2, 0.25) is 0 Å². The Morgan fingerprint density at radius 2 is 2.20 bits per heavy atom. The van der Waals surface area contributed by atoms with E-state index < -0.39 is 0 Å². The van der Waals surface area contributed by atoms with Crippen LogP contribution in [0.15, 0.2) is 12.4 Å². The molecule has 1 aliphatic rings. The van der Waals surface area contributed by atoms with Gasteiger partial charge in [0.05, 0.1) is 12.4 Å². The van der Waals surface area contributed by atoms with Gasteiger partial charge in [-0.1, -0.05) is 13.3 Å². The van der Waals surface area contributed by atoms with Crippen molar-refractivity contribution < 1.29 is 0 Å². The van der Waals surface area contributed by atoms with Crippen LogP contribution >= 0.6 is 0 Å². The van der Waals surface area contributed by atoms with Crippen molar-refractivity contribution >= 4 is 11.6 Å². The first-order valence-electron chi connectivity index (χ1n) is 5.65. The molecule has 1 aromatic rings. The van der Waals surface area contributed by atoms with E-state index in [0.29, 0.717) is 11.9 Å². The summed E-state index contributed by atoms with van der Waals surface area (Å²) in [5, 5.41) is 0. The van der Waals surface area contributed by atoms with E-state index in [4.69, 9.17) is 5.73 Å². The molecule has 0 amide bonds. The average Bonchev–Trinajstić information content (AvgIpc) is 3.05. The molecule has 0 saturated heterocycles. The van der Waals surface area contributed by atoms with Gasteiger partial charge in [0.25, 0.3) is 0 Å². The molecule has 1 saturated carbocycles. The predicted octanol–water partition coefficient (Wildman–Crippen LogP) is 1.83. The maximum atomic E-state index is 5.53. The van der Waals surface area contributed by atoms with E-state index in [1.807, 2.05) is 0 Å². The van der Waals surface area contributed by atoms with Gasteiger partial charge in [-0.05, 0) is 19.3 Å².